The van der Waals surface area contributed by atoms with Gasteiger partial charge in [0.25, 0.3) is 0 Å². The van der Waals surface area contributed by atoms with Gasteiger partial charge in [-0.1, -0.05) is 0 Å². The van der Waals surface area contributed by atoms with Crippen LogP contribution in [0.15, 0.2) is 24.5 Å². The number of benzene rings is 1. The average Bonchev–Trinajstić information content (AvgIpc) is 3.35. The first-order chi connectivity index (χ1) is 16.8. The Morgan fingerprint density at radius 1 is 1.36 bits per heavy atom. The van der Waals surface area contributed by atoms with Crippen LogP contribution < -0.4 is 15.4 Å². The molecule has 0 aliphatic carbocycles. The quantitative estimate of drug-likeness (QED) is 0.459. The fourth-order valence-corrected chi connectivity index (χ4v) is 4.01. The Hall–Kier alpha value is -3.96. The van der Waals surface area contributed by atoms with Crippen molar-refractivity contribution in [3.8, 4) is 5.75 Å². The molecule has 2 aromatic heterocycles. The van der Waals surface area contributed by atoms with Crippen molar-refractivity contribution < 1.29 is 33.0 Å². The molecule has 1 amide bonds. The molecule has 0 saturated heterocycles. The second-order valence-electron chi connectivity index (χ2n) is 9.96. The molecule has 0 bridgehead atoms. The summed E-state index contributed by atoms with van der Waals surface area (Å²) in [5, 5.41) is 19.0. The lowest BCUT2D eigenvalue weighted by Crippen LogP contribution is -2.45. The number of rotatable bonds is 6. The minimum atomic E-state index is -1.17. The van der Waals surface area contributed by atoms with Crippen LogP contribution in [0.5, 0.6) is 5.75 Å². The SMILES string of the molecule is C[C@@H](Nc1ccn2ncc(C(=O)O)c2n1)c1cc(F)c(F)c2c1OC(C)(CNC(=O)OC(C)(C)C)C2. The van der Waals surface area contributed by atoms with E-state index in [0.717, 1.165) is 6.07 Å². The van der Waals surface area contributed by atoms with Crippen LogP contribution in [0, 0.1) is 11.6 Å². The third kappa shape index (κ3) is 5.02. The zero-order chi connectivity index (χ0) is 26.4. The number of alkyl carbamates (subject to hydrolysis) is 1. The molecule has 0 radical (unpaired) electrons. The minimum absolute atomic E-state index is 0.0102. The number of carboxylic acid groups (broad SMARTS) is 1. The predicted octanol–water partition coefficient (Wildman–Crippen LogP) is 4.10. The number of amides is 1. The molecular weight excluding hydrogens is 476 g/mol. The number of halogens is 2. The molecule has 4 rings (SSSR count). The van der Waals surface area contributed by atoms with Crippen molar-refractivity contribution in [1.82, 2.24) is 19.9 Å². The van der Waals surface area contributed by atoms with Gasteiger partial charge in [0, 0.05) is 23.7 Å². The number of carboxylic acids is 1. The Bertz CT molecular complexity index is 1350. The Labute approximate surface area is 205 Å². The van der Waals surface area contributed by atoms with E-state index in [9.17, 15) is 23.5 Å². The summed E-state index contributed by atoms with van der Waals surface area (Å²) in [6, 6.07) is 2.04. The van der Waals surface area contributed by atoms with Gasteiger partial charge in [0.15, 0.2) is 17.3 Å². The number of carbonyl (C=O) groups excluding carboxylic acids is 1. The zero-order valence-electron chi connectivity index (χ0n) is 20.5. The van der Waals surface area contributed by atoms with Gasteiger partial charge < -0.3 is 25.2 Å². The number of nitrogens with one attached hydrogen (secondary N) is 2. The maximum absolute atomic E-state index is 14.7. The Kier molecular flexibility index (Phi) is 6.23. The van der Waals surface area contributed by atoms with E-state index in [1.807, 2.05) is 0 Å². The van der Waals surface area contributed by atoms with Crippen LogP contribution >= 0.6 is 0 Å². The molecule has 36 heavy (non-hydrogen) atoms. The molecule has 1 aliphatic heterocycles. The van der Waals surface area contributed by atoms with E-state index >= 15 is 0 Å². The van der Waals surface area contributed by atoms with E-state index < -0.39 is 40.9 Å². The van der Waals surface area contributed by atoms with Gasteiger partial charge in [-0.3, -0.25) is 0 Å². The number of carbonyl (C=O) groups is 2. The average molecular weight is 504 g/mol. The maximum atomic E-state index is 14.7. The lowest BCUT2D eigenvalue weighted by atomic mass is 9.96. The zero-order valence-corrected chi connectivity index (χ0v) is 20.5. The second kappa shape index (κ2) is 8.92. The lowest BCUT2D eigenvalue weighted by molar-refractivity contribution is 0.0447. The summed E-state index contributed by atoms with van der Waals surface area (Å²) in [4.78, 5) is 27.8. The summed E-state index contributed by atoms with van der Waals surface area (Å²) in [5.41, 5.74) is -1.25. The van der Waals surface area contributed by atoms with Crippen molar-refractivity contribution in [1.29, 1.82) is 0 Å². The molecule has 3 aromatic rings. The van der Waals surface area contributed by atoms with E-state index in [1.54, 1.807) is 40.7 Å². The third-order valence-electron chi connectivity index (χ3n) is 5.63. The van der Waals surface area contributed by atoms with Crippen LogP contribution in [0.2, 0.25) is 0 Å². The Morgan fingerprint density at radius 3 is 2.75 bits per heavy atom. The second-order valence-corrected chi connectivity index (χ2v) is 9.96. The van der Waals surface area contributed by atoms with Gasteiger partial charge in [0.05, 0.1) is 18.8 Å². The smallest absolute Gasteiger partial charge is 0.407 e. The van der Waals surface area contributed by atoms with E-state index in [2.05, 4.69) is 20.7 Å². The summed E-state index contributed by atoms with van der Waals surface area (Å²) in [6.07, 6.45) is 2.12. The highest BCUT2D eigenvalue weighted by molar-refractivity contribution is 5.94. The number of nitrogens with zero attached hydrogens (tertiary/aromatic N) is 3. The summed E-state index contributed by atoms with van der Waals surface area (Å²) >= 11 is 0. The monoisotopic (exact) mass is 503 g/mol. The first kappa shape index (κ1) is 25.1. The molecule has 1 aliphatic rings. The van der Waals surface area contributed by atoms with Crippen molar-refractivity contribution in [3.05, 3.63) is 52.9 Å². The fraction of sp³-hybridized carbons (Fsp3) is 0.417. The minimum Gasteiger partial charge on any atom is -0.485 e. The summed E-state index contributed by atoms with van der Waals surface area (Å²) in [7, 11) is 0. The molecule has 0 spiro atoms. The summed E-state index contributed by atoms with van der Waals surface area (Å²) in [5.74, 6) is -2.72. The molecule has 3 heterocycles. The predicted molar refractivity (Wildman–Crippen MR) is 125 cm³/mol. The number of ether oxygens (including phenoxy) is 2. The van der Waals surface area contributed by atoms with Crippen LogP contribution in [0.25, 0.3) is 5.65 Å². The number of fused-ring (bicyclic) bond motifs is 2. The third-order valence-corrected chi connectivity index (χ3v) is 5.63. The van der Waals surface area contributed by atoms with Crippen LogP contribution in [-0.4, -0.2) is 49.5 Å². The first-order valence-corrected chi connectivity index (χ1v) is 11.3. The van der Waals surface area contributed by atoms with Crippen molar-refractivity contribution in [2.75, 3.05) is 11.9 Å². The van der Waals surface area contributed by atoms with Gasteiger partial charge in [-0.2, -0.15) is 5.10 Å². The largest absolute Gasteiger partial charge is 0.485 e. The maximum Gasteiger partial charge on any atom is 0.407 e. The highest BCUT2D eigenvalue weighted by Crippen LogP contribution is 2.43. The van der Waals surface area contributed by atoms with Crippen LogP contribution in [0.1, 0.15) is 62.1 Å². The van der Waals surface area contributed by atoms with Crippen LogP contribution in [-0.2, 0) is 11.2 Å². The number of anilines is 1. The molecule has 2 atom stereocenters. The van der Waals surface area contributed by atoms with Crippen molar-refractivity contribution >= 4 is 23.5 Å². The van der Waals surface area contributed by atoms with Gasteiger partial charge in [-0.05, 0) is 46.8 Å². The van der Waals surface area contributed by atoms with Gasteiger partial charge in [-0.15, -0.1) is 0 Å². The molecule has 1 unspecified atom stereocenters. The molecule has 3 N–H and O–H groups in total. The standard InChI is InChI=1S/C24H27F2N5O5/c1-12(29-17-6-7-31-20(30-17)15(10-28-31)21(32)33)13-8-16(25)18(26)14-9-24(5,35-19(13)14)11-27-22(34)36-23(2,3)4/h6-8,10,12H,9,11H2,1-5H3,(H,27,34)(H,29,30)(H,32,33)/t12-,24?/m1/s1. The normalized spacial score (nSPS) is 17.9. The van der Waals surface area contributed by atoms with Gasteiger partial charge in [0.1, 0.15) is 28.3 Å². The highest BCUT2D eigenvalue weighted by atomic mass is 19.2. The van der Waals surface area contributed by atoms with Crippen molar-refractivity contribution in [2.24, 2.45) is 0 Å². The van der Waals surface area contributed by atoms with Crippen LogP contribution in [0.3, 0.4) is 0 Å². The molecule has 12 heteroatoms. The number of hydrogen-bond acceptors (Lipinski definition) is 7. The Balaban J connectivity index is 1.57. The first-order valence-electron chi connectivity index (χ1n) is 11.3. The van der Waals surface area contributed by atoms with Gasteiger partial charge in [-0.25, -0.2) is 27.9 Å². The van der Waals surface area contributed by atoms with Crippen molar-refractivity contribution in [2.45, 2.75) is 58.3 Å². The molecule has 10 nitrogen and oxygen atoms in total. The van der Waals surface area contributed by atoms with E-state index in [0.29, 0.717) is 11.4 Å². The van der Waals surface area contributed by atoms with Gasteiger partial charge in [0.2, 0.25) is 0 Å². The lowest BCUT2D eigenvalue weighted by Gasteiger charge is -2.27. The Morgan fingerprint density at radius 2 is 2.08 bits per heavy atom. The topological polar surface area (TPSA) is 127 Å². The number of hydrogen-bond donors (Lipinski definition) is 3. The van der Waals surface area contributed by atoms with E-state index in [4.69, 9.17) is 9.47 Å². The summed E-state index contributed by atoms with van der Waals surface area (Å²) in [6.45, 7) is 8.61. The molecular formula is C24H27F2N5O5. The summed E-state index contributed by atoms with van der Waals surface area (Å²) < 4.78 is 41.9. The van der Waals surface area contributed by atoms with E-state index in [-0.39, 0.29) is 35.5 Å². The number of aromatic carboxylic acids is 1. The molecule has 0 saturated carbocycles. The molecule has 0 fully saturated rings. The highest BCUT2D eigenvalue weighted by Gasteiger charge is 2.40. The van der Waals surface area contributed by atoms with Crippen LogP contribution in [0.4, 0.5) is 19.4 Å². The fourth-order valence-electron chi connectivity index (χ4n) is 4.01. The number of aromatic nitrogens is 3. The van der Waals surface area contributed by atoms with Crippen molar-refractivity contribution in [3.63, 3.8) is 0 Å². The molecule has 192 valence electrons. The molecule has 1 aromatic carbocycles. The van der Waals surface area contributed by atoms with Gasteiger partial charge >= 0.3 is 12.1 Å². The van der Waals surface area contributed by atoms with E-state index in [1.165, 1.54) is 16.9 Å².